The largest absolute Gasteiger partial charge is 0.380 e. The molecule has 3 heterocycles. The lowest BCUT2D eigenvalue weighted by Crippen LogP contribution is -2.00. The molecule has 0 unspecified atom stereocenters. The van der Waals surface area contributed by atoms with Gasteiger partial charge >= 0.3 is 0 Å². The van der Waals surface area contributed by atoms with Gasteiger partial charge in [0.2, 0.25) is 0 Å². The monoisotopic (exact) mass is 312 g/mol. The SMILES string of the molecule is c1cnc2ccc(CNc3cncc(-c4ccncc4)c3)cc2c1. The highest BCUT2D eigenvalue weighted by Crippen LogP contribution is 2.21. The molecule has 4 heteroatoms. The summed E-state index contributed by atoms with van der Waals surface area (Å²) in [6, 6.07) is 16.4. The first-order valence-electron chi connectivity index (χ1n) is 7.81. The molecule has 4 nitrogen and oxygen atoms in total. The zero-order chi connectivity index (χ0) is 16.2. The van der Waals surface area contributed by atoms with E-state index in [-0.39, 0.29) is 0 Å². The molecule has 0 aliphatic heterocycles. The van der Waals surface area contributed by atoms with E-state index in [1.54, 1.807) is 12.4 Å². The molecule has 0 radical (unpaired) electrons. The molecular weight excluding hydrogens is 296 g/mol. The van der Waals surface area contributed by atoms with E-state index in [1.807, 2.05) is 36.8 Å². The molecule has 1 N–H and O–H groups in total. The quantitative estimate of drug-likeness (QED) is 0.610. The fourth-order valence-electron chi connectivity index (χ4n) is 2.68. The number of pyridine rings is 3. The van der Waals surface area contributed by atoms with Gasteiger partial charge in [-0.25, -0.2) is 0 Å². The summed E-state index contributed by atoms with van der Waals surface area (Å²) in [5.41, 5.74) is 5.41. The van der Waals surface area contributed by atoms with E-state index < -0.39 is 0 Å². The Bertz CT molecular complexity index is 967. The number of fused-ring (bicyclic) bond motifs is 1. The van der Waals surface area contributed by atoms with Gasteiger partial charge in [0, 0.05) is 48.5 Å². The zero-order valence-electron chi connectivity index (χ0n) is 13.1. The fourth-order valence-corrected chi connectivity index (χ4v) is 2.68. The van der Waals surface area contributed by atoms with E-state index in [1.165, 1.54) is 5.56 Å². The summed E-state index contributed by atoms with van der Waals surface area (Å²) in [7, 11) is 0. The standard InChI is InChI=1S/C20H16N4/c1-2-17-10-15(3-4-20(17)23-7-1)12-24-19-11-18(13-22-14-19)16-5-8-21-9-6-16/h1-11,13-14,24H,12H2. The first-order chi connectivity index (χ1) is 11.9. The second-order valence-electron chi connectivity index (χ2n) is 5.58. The summed E-state index contributed by atoms with van der Waals surface area (Å²) < 4.78 is 0. The molecule has 0 amide bonds. The third kappa shape index (κ3) is 3.08. The van der Waals surface area contributed by atoms with Gasteiger partial charge in [0.15, 0.2) is 0 Å². The van der Waals surface area contributed by atoms with Crippen LogP contribution in [0.1, 0.15) is 5.56 Å². The summed E-state index contributed by atoms with van der Waals surface area (Å²) in [6.45, 7) is 0.742. The second kappa shape index (κ2) is 6.46. The maximum atomic E-state index is 4.35. The Morgan fingerprint density at radius 2 is 1.71 bits per heavy atom. The van der Waals surface area contributed by atoms with Crippen molar-refractivity contribution in [2.45, 2.75) is 6.54 Å². The van der Waals surface area contributed by atoms with Crippen molar-refractivity contribution in [3.63, 3.8) is 0 Å². The van der Waals surface area contributed by atoms with Crippen molar-refractivity contribution < 1.29 is 0 Å². The first kappa shape index (κ1) is 14.3. The van der Waals surface area contributed by atoms with Crippen molar-refractivity contribution in [1.29, 1.82) is 0 Å². The van der Waals surface area contributed by atoms with Crippen molar-refractivity contribution >= 4 is 16.6 Å². The van der Waals surface area contributed by atoms with E-state index in [0.717, 1.165) is 34.3 Å². The molecule has 0 saturated heterocycles. The first-order valence-corrected chi connectivity index (χ1v) is 7.81. The van der Waals surface area contributed by atoms with E-state index in [2.05, 4.69) is 50.6 Å². The smallest absolute Gasteiger partial charge is 0.0702 e. The maximum Gasteiger partial charge on any atom is 0.0702 e. The lowest BCUT2D eigenvalue weighted by molar-refractivity contribution is 1.14. The summed E-state index contributed by atoms with van der Waals surface area (Å²) in [4.78, 5) is 12.7. The number of hydrogen-bond donors (Lipinski definition) is 1. The van der Waals surface area contributed by atoms with Crippen molar-refractivity contribution in [2.75, 3.05) is 5.32 Å². The summed E-state index contributed by atoms with van der Waals surface area (Å²) in [6.07, 6.45) is 9.10. The molecule has 0 aliphatic rings. The highest BCUT2D eigenvalue weighted by molar-refractivity contribution is 5.79. The Morgan fingerprint density at radius 1 is 0.792 bits per heavy atom. The molecular formula is C20H16N4. The molecule has 0 atom stereocenters. The molecule has 0 aliphatic carbocycles. The zero-order valence-corrected chi connectivity index (χ0v) is 13.1. The number of nitrogens with one attached hydrogen (secondary N) is 1. The van der Waals surface area contributed by atoms with Crippen LogP contribution in [0.5, 0.6) is 0 Å². The predicted molar refractivity (Wildman–Crippen MR) is 96.5 cm³/mol. The Labute approximate surface area is 140 Å². The van der Waals surface area contributed by atoms with Crippen molar-refractivity contribution in [3.8, 4) is 11.1 Å². The Morgan fingerprint density at radius 3 is 2.62 bits per heavy atom. The number of anilines is 1. The highest BCUT2D eigenvalue weighted by Gasteiger charge is 2.01. The van der Waals surface area contributed by atoms with Gasteiger partial charge in [0.05, 0.1) is 11.2 Å². The number of benzene rings is 1. The van der Waals surface area contributed by atoms with E-state index in [0.29, 0.717) is 0 Å². The van der Waals surface area contributed by atoms with Crippen LogP contribution in [0.4, 0.5) is 5.69 Å². The molecule has 4 aromatic rings. The van der Waals surface area contributed by atoms with Crippen LogP contribution in [0.25, 0.3) is 22.0 Å². The molecule has 0 bridgehead atoms. The molecule has 0 spiro atoms. The van der Waals surface area contributed by atoms with Crippen LogP contribution in [-0.2, 0) is 6.54 Å². The van der Waals surface area contributed by atoms with Crippen molar-refractivity contribution in [1.82, 2.24) is 15.0 Å². The van der Waals surface area contributed by atoms with Crippen LogP contribution in [0.3, 0.4) is 0 Å². The topological polar surface area (TPSA) is 50.7 Å². The third-order valence-corrected chi connectivity index (χ3v) is 3.92. The fraction of sp³-hybridized carbons (Fsp3) is 0.0500. The predicted octanol–water partition coefficient (Wildman–Crippen LogP) is 4.30. The summed E-state index contributed by atoms with van der Waals surface area (Å²) >= 11 is 0. The van der Waals surface area contributed by atoms with Crippen LogP contribution in [0, 0.1) is 0 Å². The van der Waals surface area contributed by atoms with E-state index in [4.69, 9.17) is 0 Å². The van der Waals surface area contributed by atoms with Gasteiger partial charge in [0.1, 0.15) is 0 Å². The van der Waals surface area contributed by atoms with Crippen molar-refractivity contribution in [2.24, 2.45) is 0 Å². The van der Waals surface area contributed by atoms with Gasteiger partial charge in [-0.15, -0.1) is 0 Å². The minimum atomic E-state index is 0.742. The Hall–Kier alpha value is -3.27. The van der Waals surface area contributed by atoms with E-state index >= 15 is 0 Å². The second-order valence-corrected chi connectivity index (χ2v) is 5.58. The van der Waals surface area contributed by atoms with Crippen LogP contribution >= 0.6 is 0 Å². The average Bonchev–Trinajstić information content (AvgIpc) is 2.67. The number of aromatic nitrogens is 3. The number of nitrogens with zero attached hydrogens (tertiary/aromatic N) is 3. The highest BCUT2D eigenvalue weighted by atomic mass is 14.9. The number of hydrogen-bond acceptors (Lipinski definition) is 4. The molecule has 1 aromatic carbocycles. The summed E-state index contributed by atoms with van der Waals surface area (Å²) in [5, 5.41) is 4.59. The van der Waals surface area contributed by atoms with Crippen LogP contribution in [0.2, 0.25) is 0 Å². The molecule has 3 aromatic heterocycles. The van der Waals surface area contributed by atoms with Gasteiger partial charge in [0.25, 0.3) is 0 Å². The maximum absolute atomic E-state index is 4.35. The van der Waals surface area contributed by atoms with Gasteiger partial charge in [-0.2, -0.15) is 0 Å². The van der Waals surface area contributed by atoms with Crippen LogP contribution in [-0.4, -0.2) is 15.0 Å². The molecule has 0 fully saturated rings. The van der Waals surface area contributed by atoms with Crippen molar-refractivity contribution in [3.05, 3.63) is 85.1 Å². The normalized spacial score (nSPS) is 10.7. The van der Waals surface area contributed by atoms with Crippen LogP contribution in [0.15, 0.2) is 79.5 Å². The average molecular weight is 312 g/mol. The lowest BCUT2D eigenvalue weighted by Gasteiger charge is -2.09. The summed E-state index contributed by atoms with van der Waals surface area (Å²) in [5.74, 6) is 0. The Balaban J connectivity index is 1.53. The minimum Gasteiger partial charge on any atom is -0.380 e. The van der Waals surface area contributed by atoms with Gasteiger partial charge in [-0.1, -0.05) is 12.1 Å². The van der Waals surface area contributed by atoms with Gasteiger partial charge in [-0.3, -0.25) is 15.0 Å². The minimum absolute atomic E-state index is 0.742. The molecule has 0 saturated carbocycles. The Kier molecular flexibility index (Phi) is 3.86. The van der Waals surface area contributed by atoms with E-state index in [9.17, 15) is 0 Å². The lowest BCUT2D eigenvalue weighted by atomic mass is 10.1. The van der Waals surface area contributed by atoms with Gasteiger partial charge in [-0.05, 0) is 47.5 Å². The molecule has 24 heavy (non-hydrogen) atoms. The van der Waals surface area contributed by atoms with Crippen LogP contribution < -0.4 is 5.32 Å². The molecule has 116 valence electrons. The number of rotatable bonds is 4. The third-order valence-electron chi connectivity index (χ3n) is 3.92. The van der Waals surface area contributed by atoms with Gasteiger partial charge < -0.3 is 5.32 Å². The molecule has 4 rings (SSSR count).